The minimum atomic E-state index is -3.30. The summed E-state index contributed by atoms with van der Waals surface area (Å²) in [6.45, 7) is 3.92. The van der Waals surface area contributed by atoms with Crippen LogP contribution in [0.2, 0.25) is 5.02 Å². The lowest BCUT2D eigenvalue weighted by Gasteiger charge is -2.29. The van der Waals surface area contributed by atoms with Gasteiger partial charge in [0.05, 0.1) is 31.9 Å². The summed E-state index contributed by atoms with van der Waals surface area (Å²) in [5, 5.41) is 5.77. The van der Waals surface area contributed by atoms with Crippen molar-refractivity contribution in [2.75, 3.05) is 12.8 Å². The molecule has 1 aliphatic heterocycles. The SMILES string of the molecule is Cc1ccc(C2CCCCCN2Cc2cc(-c3ccc(-c4cccc(S(C)(=O)=O)c4)s3)n(-c3ccccc3Cl)n2)cc1. The van der Waals surface area contributed by atoms with Gasteiger partial charge in [0.2, 0.25) is 0 Å². The summed E-state index contributed by atoms with van der Waals surface area (Å²) in [5.74, 6) is 0. The third-order valence-electron chi connectivity index (χ3n) is 7.94. The molecule has 3 heterocycles. The Morgan fingerprint density at radius 2 is 1.69 bits per heavy atom. The van der Waals surface area contributed by atoms with E-state index in [1.807, 2.05) is 41.1 Å². The molecule has 1 atom stereocenters. The van der Waals surface area contributed by atoms with Gasteiger partial charge in [-0.25, -0.2) is 13.1 Å². The average molecular weight is 616 g/mol. The highest BCUT2D eigenvalue weighted by Gasteiger charge is 2.25. The quantitative estimate of drug-likeness (QED) is 0.184. The molecular weight excluding hydrogens is 582 g/mol. The molecular formula is C34H34ClN3O2S2. The van der Waals surface area contributed by atoms with E-state index in [1.54, 1.807) is 29.5 Å². The molecule has 5 aromatic rings. The van der Waals surface area contributed by atoms with Crippen LogP contribution in [0, 0.1) is 6.92 Å². The highest BCUT2D eigenvalue weighted by Crippen LogP contribution is 2.38. The fraction of sp³-hybridized carbons (Fsp3) is 0.265. The third-order valence-corrected chi connectivity index (χ3v) is 10.5. The largest absolute Gasteiger partial charge is 0.290 e. The van der Waals surface area contributed by atoms with E-state index in [1.165, 1.54) is 36.6 Å². The second-order valence-electron chi connectivity index (χ2n) is 11.1. The molecule has 42 heavy (non-hydrogen) atoms. The van der Waals surface area contributed by atoms with E-state index in [9.17, 15) is 8.42 Å². The third kappa shape index (κ3) is 6.25. The summed E-state index contributed by atoms with van der Waals surface area (Å²) < 4.78 is 26.3. The minimum absolute atomic E-state index is 0.318. The molecule has 8 heteroatoms. The molecule has 6 rings (SSSR count). The molecule has 0 N–H and O–H groups in total. The molecule has 0 radical (unpaired) electrons. The Kier molecular flexibility index (Phi) is 8.37. The van der Waals surface area contributed by atoms with E-state index in [-0.39, 0.29) is 0 Å². The summed E-state index contributed by atoms with van der Waals surface area (Å²) in [6.07, 6.45) is 6.04. The highest BCUT2D eigenvalue weighted by atomic mass is 35.5. The van der Waals surface area contributed by atoms with Crippen molar-refractivity contribution >= 4 is 32.8 Å². The number of sulfone groups is 1. The lowest BCUT2D eigenvalue weighted by atomic mass is 9.99. The molecule has 1 saturated heterocycles. The Hall–Kier alpha value is -3.23. The number of aryl methyl sites for hydroxylation is 1. The zero-order valence-electron chi connectivity index (χ0n) is 23.8. The second kappa shape index (κ2) is 12.2. The van der Waals surface area contributed by atoms with Crippen LogP contribution in [0.25, 0.3) is 26.7 Å². The van der Waals surface area contributed by atoms with E-state index >= 15 is 0 Å². The van der Waals surface area contributed by atoms with Gasteiger partial charge in [0, 0.05) is 23.7 Å². The van der Waals surface area contributed by atoms with Crippen molar-refractivity contribution in [1.82, 2.24) is 14.7 Å². The molecule has 0 amide bonds. The predicted octanol–water partition coefficient (Wildman–Crippen LogP) is 8.75. The van der Waals surface area contributed by atoms with Crippen LogP contribution in [0.4, 0.5) is 0 Å². The molecule has 0 saturated carbocycles. The number of aromatic nitrogens is 2. The van der Waals surface area contributed by atoms with E-state index < -0.39 is 9.84 Å². The van der Waals surface area contributed by atoms with Gasteiger partial charge in [-0.05, 0) is 79.9 Å². The van der Waals surface area contributed by atoms with Crippen LogP contribution in [0.3, 0.4) is 0 Å². The number of nitrogens with zero attached hydrogens (tertiary/aromatic N) is 3. The van der Waals surface area contributed by atoms with E-state index in [2.05, 4.69) is 48.2 Å². The maximum Gasteiger partial charge on any atom is 0.175 e. The molecule has 1 unspecified atom stereocenters. The van der Waals surface area contributed by atoms with Crippen LogP contribution >= 0.6 is 22.9 Å². The number of hydrogen-bond acceptors (Lipinski definition) is 5. The highest BCUT2D eigenvalue weighted by molar-refractivity contribution is 7.90. The van der Waals surface area contributed by atoms with Gasteiger partial charge in [-0.2, -0.15) is 5.10 Å². The second-order valence-corrected chi connectivity index (χ2v) is 14.6. The predicted molar refractivity (Wildman–Crippen MR) is 173 cm³/mol. The summed E-state index contributed by atoms with van der Waals surface area (Å²) in [7, 11) is -3.30. The van der Waals surface area contributed by atoms with Crippen molar-refractivity contribution in [1.29, 1.82) is 0 Å². The fourth-order valence-electron chi connectivity index (χ4n) is 5.73. The Bertz CT molecular complexity index is 1810. The van der Waals surface area contributed by atoms with E-state index in [0.29, 0.717) is 16.0 Å². The smallest absolute Gasteiger partial charge is 0.175 e. The van der Waals surface area contributed by atoms with Gasteiger partial charge in [0.1, 0.15) is 0 Å². The van der Waals surface area contributed by atoms with Crippen LogP contribution in [0.15, 0.2) is 95.9 Å². The Morgan fingerprint density at radius 1 is 0.905 bits per heavy atom. The Morgan fingerprint density at radius 3 is 2.48 bits per heavy atom. The summed E-state index contributed by atoms with van der Waals surface area (Å²) in [5.41, 5.74) is 6.32. The van der Waals surface area contributed by atoms with Gasteiger partial charge in [0.25, 0.3) is 0 Å². The van der Waals surface area contributed by atoms with Crippen LogP contribution in [-0.2, 0) is 16.4 Å². The topological polar surface area (TPSA) is 55.2 Å². The van der Waals surface area contributed by atoms with Crippen molar-refractivity contribution in [3.05, 3.63) is 113 Å². The maximum absolute atomic E-state index is 12.2. The first-order valence-corrected chi connectivity index (χ1v) is 17.4. The van der Waals surface area contributed by atoms with Crippen molar-refractivity contribution in [2.24, 2.45) is 0 Å². The van der Waals surface area contributed by atoms with Gasteiger partial charge < -0.3 is 0 Å². The van der Waals surface area contributed by atoms with E-state index in [0.717, 1.165) is 51.9 Å². The molecule has 216 valence electrons. The maximum atomic E-state index is 12.2. The Balaban J connectivity index is 1.38. The standard InChI is InChI=1S/C34H34ClN3O2S2/c1-24-14-16-25(17-15-24)30-12-4-3-7-20-37(30)23-27-22-32(38(36-27)31-13-6-5-11-29(31)35)34-19-18-33(41-34)26-9-8-10-28(21-26)42(2,39)40/h5-6,8-11,13-19,21-22,30H,3-4,7,12,20,23H2,1-2H3. The molecule has 0 aliphatic carbocycles. The molecule has 2 aromatic heterocycles. The Labute approximate surface area is 257 Å². The van der Waals surface area contributed by atoms with Crippen LogP contribution in [0.5, 0.6) is 0 Å². The summed E-state index contributed by atoms with van der Waals surface area (Å²) in [4.78, 5) is 4.94. The number of halogens is 1. The average Bonchev–Trinajstić information content (AvgIpc) is 3.56. The van der Waals surface area contributed by atoms with Crippen molar-refractivity contribution in [3.63, 3.8) is 0 Å². The lowest BCUT2D eigenvalue weighted by Crippen LogP contribution is -2.28. The van der Waals surface area contributed by atoms with Gasteiger partial charge in [0.15, 0.2) is 9.84 Å². The fourth-order valence-corrected chi connectivity index (χ4v) is 7.62. The first kappa shape index (κ1) is 28.9. The number of rotatable bonds is 7. The monoisotopic (exact) mass is 615 g/mol. The van der Waals surface area contributed by atoms with Gasteiger partial charge in [-0.1, -0.05) is 78.5 Å². The molecule has 1 fully saturated rings. The summed E-state index contributed by atoms with van der Waals surface area (Å²) in [6, 6.07) is 30.6. The van der Waals surface area contributed by atoms with E-state index in [4.69, 9.17) is 16.7 Å². The first-order valence-electron chi connectivity index (χ1n) is 14.3. The van der Waals surface area contributed by atoms with Gasteiger partial charge >= 0.3 is 0 Å². The molecule has 0 bridgehead atoms. The lowest BCUT2D eigenvalue weighted by molar-refractivity contribution is 0.190. The number of benzene rings is 3. The number of likely N-dealkylation sites (tertiary alicyclic amines) is 1. The molecule has 3 aromatic carbocycles. The zero-order valence-corrected chi connectivity index (χ0v) is 26.2. The van der Waals surface area contributed by atoms with Crippen LogP contribution in [-0.4, -0.2) is 35.9 Å². The van der Waals surface area contributed by atoms with Crippen molar-refractivity contribution < 1.29 is 8.42 Å². The number of thiophene rings is 1. The number of hydrogen-bond donors (Lipinski definition) is 0. The van der Waals surface area contributed by atoms with Crippen LogP contribution in [0.1, 0.15) is 48.5 Å². The first-order chi connectivity index (χ1) is 20.3. The molecule has 0 spiro atoms. The van der Waals surface area contributed by atoms with Crippen LogP contribution < -0.4 is 0 Å². The zero-order chi connectivity index (χ0) is 29.3. The normalized spacial score (nSPS) is 16.4. The molecule has 5 nitrogen and oxygen atoms in total. The van der Waals surface area contributed by atoms with Crippen molar-refractivity contribution in [2.45, 2.75) is 50.1 Å². The van der Waals surface area contributed by atoms with Gasteiger partial charge in [-0.3, -0.25) is 4.90 Å². The van der Waals surface area contributed by atoms with Crippen molar-refractivity contribution in [3.8, 4) is 26.7 Å². The van der Waals surface area contributed by atoms with Gasteiger partial charge in [-0.15, -0.1) is 11.3 Å². The minimum Gasteiger partial charge on any atom is -0.290 e. The summed E-state index contributed by atoms with van der Waals surface area (Å²) >= 11 is 8.32. The molecule has 1 aliphatic rings. The number of para-hydroxylation sites is 1.